The molecule has 1 saturated heterocycles. The molecule has 4 heteroatoms. The largest absolute Gasteiger partial charge is 0.298 e. The molecule has 1 atom stereocenters. The Hall–Kier alpha value is -1.71. The number of piperidine rings is 1. The molecule has 3 nitrogen and oxygen atoms in total. The first kappa shape index (κ1) is 15.2. The Morgan fingerprint density at radius 1 is 1.32 bits per heavy atom. The molecule has 2 aromatic rings. The number of hydrogen-bond donors (Lipinski definition) is 0. The number of carbonyl (C=O) groups excluding carboxylic acids is 1. The maximum Gasteiger partial charge on any atom is 0.167 e. The predicted molar refractivity (Wildman–Crippen MR) is 88.0 cm³/mol. The summed E-state index contributed by atoms with van der Waals surface area (Å²) in [6.45, 7) is 2.70. The Labute approximate surface area is 135 Å². The van der Waals surface area contributed by atoms with Crippen molar-refractivity contribution in [3.63, 3.8) is 0 Å². The molecule has 0 aliphatic carbocycles. The van der Waals surface area contributed by atoms with Gasteiger partial charge in [0.25, 0.3) is 0 Å². The summed E-state index contributed by atoms with van der Waals surface area (Å²) in [6, 6.07) is 11.3. The van der Waals surface area contributed by atoms with Gasteiger partial charge in [-0.2, -0.15) is 0 Å². The number of likely N-dealkylation sites (tertiary alicyclic amines) is 1. The molecule has 0 saturated carbocycles. The number of aromatic nitrogens is 1. The first-order valence-corrected chi connectivity index (χ1v) is 8.01. The van der Waals surface area contributed by atoms with Crippen LogP contribution in [0.15, 0.2) is 48.8 Å². The molecular formula is C18H19ClN2O. The zero-order valence-corrected chi connectivity index (χ0v) is 13.2. The molecule has 0 radical (unpaired) electrons. The fourth-order valence-corrected chi connectivity index (χ4v) is 3.23. The zero-order valence-electron chi connectivity index (χ0n) is 12.4. The number of pyridine rings is 1. The van der Waals surface area contributed by atoms with Gasteiger partial charge in [0.2, 0.25) is 0 Å². The Bertz CT molecular complexity index is 645. The first-order valence-electron chi connectivity index (χ1n) is 7.63. The number of Topliss-reactive ketones (excluding diaryl/α,β-unsaturated/α-hetero) is 1. The second kappa shape index (κ2) is 7.03. The van der Waals surface area contributed by atoms with E-state index in [-0.39, 0.29) is 11.7 Å². The molecule has 1 aliphatic rings. The van der Waals surface area contributed by atoms with Crippen LogP contribution in [-0.4, -0.2) is 28.8 Å². The number of ketones is 1. The van der Waals surface area contributed by atoms with Crippen molar-refractivity contribution in [3.8, 4) is 0 Å². The van der Waals surface area contributed by atoms with Crippen molar-refractivity contribution in [3.05, 3.63) is 64.9 Å². The van der Waals surface area contributed by atoms with Crippen LogP contribution >= 0.6 is 11.6 Å². The van der Waals surface area contributed by atoms with Crippen molar-refractivity contribution in [2.24, 2.45) is 5.92 Å². The fraction of sp³-hybridized carbons (Fsp3) is 0.333. The minimum Gasteiger partial charge on any atom is -0.298 e. The average molecular weight is 315 g/mol. The van der Waals surface area contributed by atoms with Crippen molar-refractivity contribution >= 4 is 17.4 Å². The van der Waals surface area contributed by atoms with Crippen LogP contribution in [0.4, 0.5) is 0 Å². The van der Waals surface area contributed by atoms with Crippen LogP contribution in [0.3, 0.4) is 0 Å². The van der Waals surface area contributed by atoms with E-state index in [1.54, 1.807) is 18.3 Å². The molecule has 1 aromatic carbocycles. The standard InChI is InChI=1S/C18H19ClN2O/c19-17-7-1-5-15(10-17)18(22)16-6-3-9-21(13-16)12-14-4-2-8-20-11-14/h1-2,4-5,7-8,10-11,16H,3,6,9,12-13H2/t16-/m0/s1. The van der Waals surface area contributed by atoms with Crippen LogP contribution in [-0.2, 0) is 6.54 Å². The van der Waals surface area contributed by atoms with E-state index in [9.17, 15) is 4.79 Å². The molecule has 1 fully saturated rings. The van der Waals surface area contributed by atoms with Gasteiger partial charge in [0.15, 0.2) is 5.78 Å². The topological polar surface area (TPSA) is 33.2 Å². The van der Waals surface area contributed by atoms with Gasteiger partial charge in [-0.3, -0.25) is 14.7 Å². The van der Waals surface area contributed by atoms with Gasteiger partial charge in [-0.25, -0.2) is 0 Å². The second-order valence-corrected chi connectivity index (χ2v) is 6.25. The highest BCUT2D eigenvalue weighted by Crippen LogP contribution is 2.23. The normalized spacial score (nSPS) is 19.0. The SMILES string of the molecule is O=C(c1cccc(Cl)c1)[C@H]1CCCN(Cc2cccnc2)C1. The molecular weight excluding hydrogens is 296 g/mol. The van der Waals surface area contributed by atoms with Crippen molar-refractivity contribution in [1.82, 2.24) is 9.88 Å². The average Bonchev–Trinajstić information content (AvgIpc) is 2.55. The quantitative estimate of drug-likeness (QED) is 0.804. The molecule has 0 unspecified atom stereocenters. The zero-order chi connectivity index (χ0) is 15.4. The third-order valence-corrected chi connectivity index (χ3v) is 4.35. The van der Waals surface area contributed by atoms with Gasteiger partial charge in [0.05, 0.1) is 0 Å². The molecule has 0 spiro atoms. The minimum absolute atomic E-state index is 0.0592. The summed E-state index contributed by atoms with van der Waals surface area (Å²) in [6.07, 6.45) is 5.68. The van der Waals surface area contributed by atoms with E-state index < -0.39 is 0 Å². The summed E-state index contributed by atoms with van der Waals surface area (Å²) in [4.78, 5) is 19.1. The summed E-state index contributed by atoms with van der Waals surface area (Å²) in [5.74, 6) is 0.266. The molecule has 1 aliphatic heterocycles. The maximum absolute atomic E-state index is 12.7. The van der Waals surface area contributed by atoms with Crippen LogP contribution in [0.2, 0.25) is 5.02 Å². The van der Waals surface area contributed by atoms with E-state index in [1.165, 1.54) is 5.56 Å². The van der Waals surface area contributed by atoms with Crippen LogP contribution in [0.1, 0.15) is 28.8 Å². The molecule has 0 bridgehead atoms. The van der Waals surface area contributed by atoms with Gasteiger partial charge >= 0.3 is 0 Å². The molecule has 2 heterocycles. The molecule has 3 rings (SSSR count). The highest BCUT2D eigenvalue weighted by atomic mass is 35.5. The van der Waals surface area contributed by atoms with Crippen LogP contribution in [0, 0.1) is 5.92 Å². The van der Waals surface area contributed by atoms with Gasteiger partial charge < -0.3 is 0 Å². The van der Waals surface area contributed by atoms with Crippen LogP contribution in [0.25, 0.3) is 0 Å². The molecule has 114 valence electrons. The van der Waals surface area contributed by atoms with Gasteiger partial charge in [0.1, 0.15) is 0 Å². The summed E-state index contributed by atoms with van der Waals surface area (Å²) in [5.41, 5.74) is 1.92. The predicted octanol–water partition coefficient (Wildman–Crippen LogP) is 3.83. The molecule has 1 aromatic heterocycles. The smallest absolute Gasteiger partial charge is 0.167 e. The first-order chi connectivity index (χ1) is 10.7. The van der Waals surface area contributed by atoms with Crippen molar-refractivity contribution in [1.29, 1.82) is 0 Å². The number of hydrogen-bond acceptors (Lipinski definition) is 3. The summed E-state index contributed by atoms with van der Waals surface area (Å²) in [7, 11) is 0. The van der Waals surface area contributed by atoms with Gasteiger partial charge in [0, 0.05) is 42.0 Å². The lowest BCUT2D eigenvalue weighted by molar-refractivity contribution is 0.0811. The monoisotopic (exact) mass is 314 g/mol. The lowest BCUT2D eigenvalue weighted by atomic mass is 9.90. The van der Waals surface area contributed by atoms with E-state index in [0.717, 1.165) is 38.0 Å². The highest BCUT2D eigenvalue weighted by Gasteiger charge is 2.26. The number of halogens is 1. The Morgan fingerprint density at radius 3 is 3.00 bits per heavy atom. The Kier molecular flexibility index (Phi) is 4.86. The lowest BCUT2D eigenvalue weighted by Crippen LogP contribution is -2.38. The van der Waals surface area contributed by atoms with Crippen LogP contribution in [0.5, 0.6) is 0 Å². The number of carbonyl (C=O) groups is 1. The van der Waals surface area contributed by atoms with Gasteiger partial charge in [-0.15, -0.1) is 0 Å². The highest BCUT2D eigenvalue weighted by molar-refractivity contribution is 6.31. The Morgan fingerprint density at radius 2 is 2.23 bits per heavy atom. The van der Waals surface area contributed by atoms with Crippen molar-refractivity contribution in [2.45, 2.75) is 19.4 Å². The minimum atomic E-state index is 0.0592. The maximum atomic E-state index is 12.7. The van der Waals surface area contributed by atoms with E-state index in [4.69, 9.17) is 11.6 Å². The van der Waals surface area contributed by atoms with Crippen LogP contribution < -0.4 is 0 Å². The van der Waals surface area contributed by atoms with Gasteiger partial charge in [-0.1, -0.05) is 29.8 Å². The van der Waals surface area contributed by atoms with Gasteiger partial charge in [-0.05, 0) is 43.1 Å². The number of benzene rings is 1. The summed E-state index contributed by atoms with van der Waals surface area (Å²) >= 11 is 5.99. The number of rotatable bonds is 4. The van der Waals surface area contributed by atoms with E-state index in [1.807, 2.05) is 24.4 Å². The molecule has 0 amide bonds. The second-order valence-electron chi connectivity index (χ2n) is 5.81. The van der Waals surface area contributed by atoms with E-state index >= 15 is 0 Å². The van der Waals surface area contributed by atoms with Crippen molar-refractivity contribution in [2.75, 3.05) is 13.1 Å². The fourth-order valence-electron chi connectivity index (χ4n) is 3.04. The third kappa shape index (κ3) is 3.73. The van der Waals surface area contributed by atoms with E-state index in [2.05, 4.69) is 16.0 Å². The summed E-state index contributed by atoms with van der Waals surface area (Å²) < 4.78 is 0. The van der Waals surface area contributed by atoms with E-state index in [0.29, 0.717) is 5.02 Å². The lowest BCUT2D eigenvalue weighted by Gasteiger charge is -2.32. The molecule has 22 heavy (non-hydrogen) atoms. The molecule has 0 N–H and O–H groups in total. The number of nitrogens with zero attached hydrogens (tertiary/aromatic N) is 2. The summed E-state index contributed by atoms with van der Waals surface area (Å²) in [5, 5.41) is 0.619. The third-order valence-electron chi connectivity index (χ3n) is 4.11. The van der Waals surface area contributed by atoms with Crippen molar-refractivity contribution < 1.29 is 4.79 Å². The Balaban J connectivity index is 1.66.